The Labute approximate surface area is 134 Å². The summed E-state index contributed by atoms with van der Waals surface area (Å²) in [5.74, 6) is 1.18. The van der Waals surface area contributed by atoms with Gasteiger partial charge in [0.2, 0.25) is 5.88 Å². The number of urea groups is 1. The summed E-state index contributed by atoms with van der Waals surface area (Å²) < 4.78 is 10.6. The van der Waals surface area contributed by atoms with E-state index >= 15 is 0 Å². The van der Waals surface area contributed by atoms with E-state index in [0.29, 0.717) is 24.7 Å². The van der Waals surface area contributed by atoms with Gasteiger partial charge >= 0.3 is 6.03 Å². The monoisotopic (exact) mass is 316 g/mol. The van der Waals surface area contributed by atoms with Gasteiger partial charge in [-0.15, -0.1) is 0 Å². The third-order valence-electron chi connectivity index (χ3n) is 3.80. The lowest BCUT2D eigenvalue weighted by Gasteiger charge is -2.23. The zero-order chi connectivity index (χ0) is 16.2. The summed E-state index contributed by atoms with van der Waals surface area (Å²) in [5, 5.41) is 6.94. The van der Waals surface area contributed by atoms with Crippen LogP contribution in [0.3, 0.4) is 0 Å². The maximum atomic E-state index is 12.6. The van der Waals surface area contributed by atoms with Crippen LogP contribution in [0.2, 0.25) is 0 Å². The Kier molecular flexibility index (Phi) is 4.45. The van der Waals surface area contributed by atoms with Crippen LogP contribution in [0.1, 0.15) is 37.3 Å². The van der Waals surface area contributed by atoms with Crippen LogP contribution in [-0.4, -0.2) is 34.2 Å². The van der Waals surface area contributed by atoms with Crippen LogP contribution in [0.25, 0.3) is 0 Å². The van der Waals surface area contributed by atoms with E-state index < -0.39 is 0 Å². The van der Waals surface area contributed by atoms with Crippen LogP contribution < -0.4 is 10.1 Å². The van der Waals surface area contributed by atoms with Gasteiger partial charge in [-0.1, -0.05) is 5.16 Å². The lowest BCUT2D eigenvalue weighted by Crippen LogP contribution is -2.34. The Balaban J connectivity index is 1.75. The van der Waals surface area contributed by atoms with Crippen molar-refractivity contribution in [1.82, 2.24) is 15.0 Å². The molecule has 0 aliphatic carbocycles. The number of nitrogens with one attached hydrogen (secondary N) is 1. The first-order valence-corrected chi connectivity index (χ1v) is 7.77. The van der Waals surface area contributed by atoms with Crippen molar-refractivity contribution in [3.05, 3.63) is 35.9 Å². The fourth-order valence-electron chi connectivity index (χ4n) is 2.78. The van der Waals surface area contributed by atoms with Crippen LogP contribution in [0, 0.1) is 6.92 Å². The molecule has 0 saturated carbocycles. The van der Waals surface area contributed by atoms with E-state index in [9.17, 15) is 4.79 Å². The summed E-state index contributed by atoms with van der Waals surface area (Å²) in [6.07, 6.45) is 3.46. The van der Waals surface area contributed by atoms with Gasteiger partial charge in [0, 0.05) is 18.8 Å². The second-order valence-corrected chi connectivity index (χ2v) is 5.43. The molecule has 0 bridgehead atoms. The van der Waals surface area contributed by atoms with Gasteiger partial charge in [0.15, 0.2) is 0 Å². The number of hydrogen-bond donors (Lipinski definition) is 1. The van der Waals surface area contributed by atoms with E-state index in [1.165, 1.54) is 0 Å². The molecule has 1 saturated heterocycles. The molecule has 1 atom stereocenters. The summed E-state index contributed by atoms with van der Waals surface area (Å²) in [7, 11) is 0. The lowest BCUT2D eigenvalue weighted by atomic mass is 10.1. The van der Waals surface area contributed by atoms with Crippen molar-refractivity contribution in [3.8, 4) is 5.88 Å². The minimum absolute atomic E-state index is 0.0559. The molecule has 122 valence electrons. The van der Waals surface area contributed by atoms with Crippen molar-refractivity contribution in [2.24, 2.45) is 0 Å². The van der Waals surface area contributed by atoms with E-state index in [4.69, 9.17) is 9.26 Å². The maximum Gasteiger partial charge on any atom is 0.322 e. The zero-order valence-electron chi connectivity index (χ0n) is 13.3. The molecular formula is C16H20N4O3. The van der Waals surface area contributed by atoms with E-state index in [2.05, 4.69) is 15.5 Å². The molecule has 3 heterocycles. The average Bonchev–Trinajstić information content (AvgIpc) is 3.18. The van der Waals surface area contributed by atoms with Crippen molar-refractivity contribution >= 4 is 11.7 Å². The number of anilines is 1. The largest absolute Gasteiger partial charge is 0.476 e. The van der Waals surface area contributed by atoms with Crippen molar-refractivity contribution in [3.63, 3.8) is 0 Å². The summed E-state index contributed by atoms with van der Waals surface area (Å²) in [6.45, 7) is 4.90. The molecule has 7 nitrogen and oxygen atoms in total. The zero-order valence-corrected chi connectivity index (χ0v) is 13.3. The molecule has 1 aliphatic rings. The second kappa shape index (κ2) is 6.68. The fourth-order valence-corrected chi connectivity index (χ4v) is 2.78. The highest BCUT2D eigenvalue weighted by Crippen LogP contribution is 2.32. The average molecular weight is 316 g/mol. The van der Waals surface area contributed by atoms with Gasteiger partial charge in [0.05, 0.1) is 12.6 Å². The number of carbonyl (C=O) groups excluding carboxylic acids is 1. The molecule has 1 aliphatic heterocycles. The Hall–Kier alpha value is -2.57. The minimum atomic E-state index is -0.179. The Morgan fingerprint density at radius 3 is 3.17 bits per heavy atom. The molecule has 2 aromatic heterocycles. The topological polar surface area (TPSA) is 80.5 Å². The molecule has 1 fully saturated rings. The number of ether oxygens (including phenoxy) is 1. The highest BCUT2D eigenvalue weighted by molar-refractivity contribution is 5.91. The summed E-state index contributed by atoms with van der Waals surface area (Å²) in [5.41, 5.74) is 1.37. The summed E-state index contributed by atoms with van der Waals surface area (Å²) in [4.78, 5) is 18.6. The van der Waals surface area contributed by atoms with Crippen molar-refractivity contribution < 1.29 is 14.1 Å². The first-order valence-electron chi connectivity index (χ1n) is 7.77. The molecule has 0 unspecified atom stereocenters. The number of nitrogens with zero attached hydrogens (tertiary/aromatic N) is 3. The Bertz CT molecular complexity index is 685. The van der Waals surface area contributed by atoms with Gasteiger partial charge < -0.3 is 19.5 Å². The second-order valence-electron chi connectivity index (χ2n) is 5.43. The molecule has 3 rings (SSSR count). The van der Waals surface area contributed by atoms with Gasteiger partial charge in [-0.2, -0.15) is 0 Å². The molecular weight excluding hydrogens is 296 g/mol. The molecule has 1 N–H and O–H groups in total. The number of aryl methyl sites for hydroxylation is 1. The molecule has 0 spiro atoms. The van der Waals surface area contributed by atoms with Crippen molar-refractivity contribution in [2.75, 3.05) is 18.5 Å². The van der Waals surface area contributed by atoms with E-state index in [-0.39, 0.29) is 12.1 Å². The third-order valence-corrected chi connectivity index (χ3v) is 3.80. The molecule has 2 amide bonds. The molecule has 23 heavy (non-hydrogen) atoms. The van der Waals surface area contributed by atoms with E-state index in [1.807, 2.05) is 19.9 Å². The number of aromatic nitrogens is 2. The first kappa shape index (κ1) is 15.3. The van der Waals surface area contributed by atoms with Gasteiger partial charge in [-0.05, 0) is 38.8 Å². The smallest absolute Gasteiger partial charge is 0.322 e. The van der Waals surface area contributed by atoms with Crippen LogP contribution in [0.5, 0.6) is 5.88 Å². The van der Waals surface area contributed by atoms with E-state index in [0.717, 1.165) is 24.3 Å². The van der Waals surface area contributed by atoms with Crippen LogP contribution in [0.4, 0.5) is 10.5 Å². The molecule has 0 aromatic carbocycles. The number of rotatable bonds is 4. The van der Waals surface area contributed by atoms with Gasteiger partial charge in [-0.25, -0.2) is 9.78 Å². The maximum absolute atomic E-state index is 12.6. The van der Waals surface area contributed by atoms with Crippen LogP contribution in [-0.2, 0) is 0 Å². The number of likely N-dealkylation sites (tertiary alicyclic amines) is 1. The molecule has 7 heteroatoms. The predicted octanol–water partition coefficient (Wildman–Crippen LogP) is 3.15. The van der Waals surface area contributed by atoms with Gasteiger partial charge in [0.1, 0.15) is 17.1 Å². The number of hydrogen-bond acceptors (Lipinski definition) is 5. The highest BCUT2D eigenvalue weighted by atomic mass is 16.5. The van der Waals surface area contributed by atoms with Gasteiger partial charge in [-0.3, -0.25) is 0 Å². The third kappa shape index (κ3) is 3.28. The fraction of sp³-hybridized carbons (Fsp3) is 0.438. The summed E-state index contributed by atoms with van der Waals surface area (Å²) in [6, 6.07) is 5.19. The highest BCUT2D eigenvalue weighted by Gasteiger charge is 2.32. The van der Waals surface area contributed by atoms with Gasteiger partial charge in [0.25, 0.3) is 0 Å². The van der Waals surface area contributed by atoms with E-state index in [1.54, 1.807) is 23.2 Å². The van der Waals surface area contributed by atoms with Crippen LogP contribution >= 0.6 is 0 Å². The van der Waals surface area contributed by atoms with Crippen molar-refractivity contribution in [2.45, 2.75) is 32.7 Å². The normalized spacial score (nSPS) is 17.3. The number of carbonyl (C=O) groups is 1. The Morgan fingerprint density at radius 1 is 1.57 bits per heavy atom. The first-order chi connectivity index (χ1) is 11.2. The molecule has 0 radical (unpaired) electrons. The van der Waals surface area contributed by atoms with Crippen LogP contribution in [0.15, 0.2) is 28.9 Å². The predicted molar refractivity (Wildman–Crippen MR) is 84.3 cm³/mol. The quantitative estimate of drug-likeness (QED) is 0.937. The number of pyridine rings is 1. The van der Waals surface area contributed by atoms with Crippen molar-refractivity contribution in [1.29, 1.82) is 0 Å². The SMILES string of the molecule is CCOc1ncccc1NC(=O)N1CCC[C@@H]1c1cc(C)on1. The minimum Gasteiger partial charge on any atom is -0.476 e. The molecule has 2 aromatic rings. The lowest BCUT2D eigenvalue weighted by molar-refractivity contribution is 0.204. The summed E-state index contributed by atoms with van der Waals surface area (Å²) >= 11 is 0. The Morgan fingerprint density at radius 2 is 2.43 bits per heavy atom. The standard InChI is InChI=1S/C16H20N4O3/c1-3-22-15-12(6-4-8-17-15)18-16(21)20-9-5-7-14(20)13-10-11(2)23-19-13/h4,6,8,10,14H,3,5,7,9H2,1-2H3,(H,18,21)/t14-/m1/s1. The number of amides is 2.